The van der Waals surface area contributed by atoms with Gasteiger partial charge in [-0.15, -0.1) is 0 Å². The molecule has 0 amide bonds. The van der Waals surface area contributed by atoms with E-state index in [1.165, 1.54) is 0 Å². The summed E-state index contributed by atoms with van der Waals surface area (Å²) in [5, 5.41) is 0. The van der Waals surface area contributed by atoms with Gasteiger partial charge in [0.15, 0.2) is 0 Å². The van der Waals surface area contributed by atoms with Crippen molar-refractivity contribution in [1.29, 1.82) is 0 Å². The van der Waals surface area contributed by atoms with E-state index in [1.54, 1.807) is 0 Å². The van der Waals surface area contributed by atoms with Crippen molar-refractivity contribution in [2.75, 3.05) is 13.2 Å². The van der Waals surface area contributed by atoms with Crippen LogP contribution < -0.4 is 16.2 Å². The largest absolute Gasteiger partial charge is 0.494 e. The van der Waals surface area contributed by atoms with Crippen LogP contribution in [-0.4, -0.2) is 13.2 Å². The first kappa shape index (κ1) is 12.0. The molecule has 0 spiro atoms. The van der Waals surface area contributed by atoms with Crippen LogP contribution in [0.2, 0.25) is 0 Å². The topological polar surface area (TPSA) is 61.3 Å². The van der Waals surface area contributed by atoms with Crippen LogP contribution in [-0.2, 0) is 0 Å². The fourth-order valence-electron chi connectivity index (χ4n) is 1.51. The Hall–Kier alpha value is -1.06. The van der Waals surface area contributed by atoms with Gasteiger partial charge >= 0.3 is 0 Å². The molecule has 1 aromatic rings. The molecule has 0 unspecified atom stereocenters. The summed E-state index contributed by atoms with van der Waals surface area (Å²) in [6.45, 7) is 3.35. The highest BCUT2D eigenvalue weighted by atomic mass is 16.5. The van der Waals surface area contributed by atoms with E-state index in [4.69, 9.17) is 16.2 Å². The smallest absolute Gasteiger partial charge is 0.119 e. The molecule has 0 aliphatic rings. The first-order valence-electron chi connectivity index (χ1n) is 5.46. The minimum absolute atomic E-state index is 0.0638. The standard InChI is InChI=1S/C12H20N2O/c1-2-15-11-6-3-5-10(9-11)12(14)7-4-8-13/h3,5-6,9,12H,2,4,7-8,13-14H2,1H3/t12-/m0/s1. The van der Waals surface area contributed by atoms with Crippen molar-refractivity contribution >= 4 is 0 Å². The van der Waals surface area contributed by atoms with Crippen molar-refractivity contribution in [3.63, 3.8) is 0 Å². The van der Waals surface area contributed by atoms with E-state index in [9.17, 15) is 0 Å². The van der Waals surface area contributed by atoms with E-state index < -0.39 is 0 Å². The van der Waals surface area contributed by atoms with Gasteiger partial charge in [-0.2, -0.15) is 0 Å². The monoisotopic (exact) mass is 208 g/mol. The Balaban J connectivity index is 2.62. The summed E-state index contributed by atoms with van der Waals surface area (Å²) in [6.07, 6.45) is 1.88. The van der Waals surface area contributed by atoms with E-state index in [0.29, 0.717) is 13.2 Å². The Kier molecular flexibility index (Phi) is 5.15. The van der Waals surface area contributed by atoms with Gasteiger partial charge in [0.2, 0.25) is 0 Å². The molecule has 15 heavy (non-hydrogen) atoms. The number of nitrogens with two attached hydrogens (primary N) is 2. The minimum atomic E-state index is 0.0638. The van der Waals surface area contributed by atoms with Crippen molar-refractivity contribution in [3.05, 3.63) is 29.8 Å². The zero-order chi connectivity index (χ0) is 11.1. The second-order valence-corrected chi connectivity index (χ2v) is 3.54. The summed E-state index contributed by atoms with van der Waals surface area (Å²) < 4.78 is 5.42. The van der Waals surface area contributed by atoms with E-state index in [0.717, 1.165) is 24.2 Å². The lowest BCUT2D eigenvalue weighted by Gasteiger charge is -2.12. The molecular weight excluding hydrogens is 188 g/mol. The SMILES string of the molecule is CCOc1cccc([C@@H](N)CCCN)c1. The maximum absolute atomic E-state index is 6.04. The summed E-state index contributed by atoms with van der Waals surface area (Å²) in [5.74, 6) is 0.887. The van der Waals surface area contributed by atoms with Gasteiger partial charge in [-0.1, -0.05) is 12.1 Å². The molecule has 0 aromatic heterocycles. The Morgan fingerprint density at radius 3 is 2.87 bits per heavy atom. The predicted octanol–water partition coefficient (Wildman–Crippen LogP) is 1.82. The van der Waals surface area contributed by atoms with Crippen LogP contribution in [0.5, 0.6) is 5.75 Å². The molecule has 4 N–H and O–H groups in total. The van der Waals surface area contributed by atoms with Crippen LogP contribution in [0.3, 0.4) is 0 Å². The molecule has 3 nitrogen and oxygen atoms in total. The molecule has 3 heteroatoms. The van der Waals surface area contributed by atoms with Crippen LogP contribution >= 0.6 is 0 Å². The van der Waals surface area contributed by atoms with Crippen LogP contribution in [0, 0.1) is 0 Å². The van der Waals surface area contributed by atoms with E-state index in [1.807, 2.05) is 31.2 Å². The molecule has 0 saturated heterocycles. The maximum Gasteiger partial charge on any atom is 0.119 e. The van der Waals surface area contributed by atoms with Gasteiger partial charge in [-0.25, -0.2) is 0 Å². The number of hydrogen-bond acceptors (Lipinski definition) is 3. The second-order valence-electron chi connectivity index (χ2n) is 3.54. The molecule has 0 aliphatic heterocycles. The van der Waals surface area contributed by atoms with Crippen molar-refractivity contribution in [2.45, 2.75) is 25.8 Å². The van der Waals surface area contributed by atoms with Crippen molar-refractivity contribution in [1.82, 2.24) is 0 Å². The Morgan fingerprint density at radius 1 is 1.40 bits per heavy atom. The van der Waals surface area contributed by atoms with Gasteiger partial charge in [-0.3, -0.25) is 0 Å². The number of rotatable bonds is 6. The predicted molar refractivity (Wildman–Crippen MR) is 62.8 cm³/mol. The second kappa shape index (κ2) is 6.43. The van der Waals surface area contributed by atoms with Crippen molar-refractivity contribution in [3.8, 4) is 5.75 Å². The Labute approximate surface area is 91.4 Å². The zero-order valence-electron chi connectivity index (χ0n) is 9.28. The van der Waals surface area contributed by atoms with Gasteiger partial charge in [0.05, 0.1) is 6.61 Å². The number of ether oxygens (including phenoxy) is 1. The third kappa shape index (κ3) is 3.90. The molecule has 1 rings (SSSR count). The molecule has 0 fully saturated rings. The molecule has 0 bridgehead atoms. The van der Waals surface area contributed by atoms with Gasteiger partial charge < -0.3 is 16.2 Å². The molecule has 84 valence electrons. The van der Waals surface area contributed by atoms with Crippen molar-refractivity contribution < 1.29 is 4.74 Å². The summed E-state index contributed by atoms with van der Waals surface area (Å²) in [6, 6.07) is 8.02. The highest BCUT2D eigenvalue weighted by molar-refractivity contribution is 5.30. The fraction of sp³-hybridized carbons (Fsp3) is 0.500. The van der Waals surface area contributed by atoms with Crippen LogP contribution in [0.25, 0.3) is 0 Å². The molecule has 0 heterocycles. The van der Waals surface area contributed by atoms with Gasteiger partial charge in [0, 0.05) is 6.04 Å². The average molecular weight is 208 g/mol. The molecule has 0 saturated carbocycles. The lowest BCUT2D eigenvalue weighted by molar-refractivity contribution is 0.339. The summed E-state index contributed by atoms with van der Waals surface area (Å²) in [7, 11) is 0. The lowest BCUT2D eigenvalue weighted by atomic mass is 10.0. The van der Waals surface area contributed by atoms with Crippen molar-refractivity contribution in [2.24, 2.45) is 11.5 Å². The third-order valence-corrected chi connectivity index (χ3v) is 2.32. The van der Waals surface area contributed by atoms with E-state index in [2.05, 4.69) is 0 Å². The van der Waals surface area contributed by atoms with Gasteiger partial charge in [0.25, 0.3) is 0 Å². The fourth-order valence-corrected chi connectivity index (χ4v) is 1.51. The zero-order valence-corrected chi connectivity index (χ0v) is 9.28. The quantitative estimate of drug-likeness (QED) is 0.749. The molecule has 1 atom stereocenters. The molecule has 0 aliphatic carbocycles. The first-order valence-corrected chi connectivity index (χ1v) is 5.46. The van der Waals surface area contributed by atoms with Gasteiger partial charge in [-0.05, 0) is 44.0 Å². The lowest BCUT2D eigenvalue weighted by Crippen LogP contribution is -2.12. The average Bonchev–Trinajstić information content (AvgIpc) is 2.27. The first-order chi connectivity index (χ1) is 7.27. The van der Waals surface area contributed by atoms with Crippen LogP contribution in [0.15, 0.2) is 24.3 Å². The van der Waals surface area contributed by atoms with Crippen LogP contribution in [0.1, 0.15) is 31.4 Å². The highest BCUT2D eigenvalue weighted by Gasteiger charge is 2.05. The Morgan fingerprint density at radius 2 is 2.20 bits per heavy atom. The number of hydrogen-bond donors (Lipinski definition) is 2. The summed E-state index contributed by atoms with van der Waals surface area (Å²) in [5.41, 5.74) is 12.6. The maximum atomic E-state index is 6.04. The normalized spacial score (nSPS) is 12.5. The summed E-state index contributed by atoms with van der Waals surface area (Å²) in [4.78, 5) is 0. The Bertz CT molecular complexity index is 289. The van der Waals surface area contributed by atoms with E-state index in [-0.39, 0.29) is 6.04 Å². The molecular formula is C12H20N2O. The third-order valence-electron chi connectivity index (χ3n) is 2.32. The minimum Gasteiger partial charge on any atom is -0.494 e. The number of benzene rings is 1. The molecule has 1 aromatic carbocycles. The molecule has 0 radical (unpaired) electrons. The van der Waals surface area contributed by atoms with E-state index >= 15 is 0 Å². The summed E-state index contributed by atoms with van der Waals surface area (Å²) >= 11 is 0. The van der Waals surface area contributed by atoms with Gasteiger partial charge in [0.1, 0.15) is 5.75 Å². The highest BCUT2D eigenvalue weighted by Crippen LogP contribution is 2.20. The van der Waals surface area contributed by atoms with Crippen LogP contribution in [0.4, 0.5) is 0 Å².